The number of anilines is 2. The van der Waals surface area contributed by atoms with Gasteiger partial charge in [0.05, 0.1) is 5.75 Å². The highest BCUT2D eigenvalue weighted by atomic mass is 32.2. The molecule has 0 aliphatic carbocycles. The first-order valence-corrected chi connectivity index (χ1v) is 11.1. The quantitative estimate of drug-likeness (QED) is 0.482. The Labute approximate surface area is 179 Å². The van der Waals surface area contributed by atoms with Crippen LogP contribution in [0.5, 0.6) is 0 Å². The van der Waals surface area contributed by atoms with Crippen molar-refractivity contribution < 1.29 is 4.79 Å². The van der Waals surface area contributed by atoms with Crippen LogP contribution in [-0.2, 0) is 11.3 Å². The van der Waals surface area contributed by atoms with Gasteiger partial charge in [-0.15, -0.1) is 5.10 Å². The molecule has 0 bridgehead atoms. The fourth-order valence-corrected chi connectivity index (χ4v) is 3.53. The maximum absolute atomic E-state index is 13.0. The Morgan fingerprint density at radius 1 is 1.27 bits per heavy atom. The molecule has 0 saturated heterocycles. The number of hydrogen-bond acceptors (Lipinski definition) is 7. The summed E-state index contributed by atoms with van der Waals surface area (Å²) in [5, 5.41) is 7.44. The van der Waals surface area contributed by atoms with Gasteiger partial charge in [-0.05, 0) is 12.3 Å². The van der Waals surface area contributed by atoms with Crippen molar-refractivity contribution in [3.8, 4) is 0 Å². The lowest BCUT2D eigenvalue weighted by Gasteiger charge is -2.24. The van der Waals surface area contributed by atoms with Crippen LogP contribution < -0.4 is 21.9 Å². The number of carbonyl (C=O) groups excluding carboxylic acids is 1. The molecule has 11 heteroatoms. The van der Waals surface area contributed by atoms with Gasteiger partial charge in [-0.25, -0.2) is 9.78 Å². The number of rotatable bonds is 10. The van der Waals surface area contributed by atoms with Crippen LogP contribution in [0.2, 0.25) is 0 Å². The third-order valence-corrected chi connectivity index (χ3v) is 5.25. The molecular weight excluding hydrogens is 406 g/mol. The van der Waals surface area contributed by atoms with Gasteiger partial charge in [0.2, 0.25) is 11.1 Å². The molecule has 4 N–H and O–H groups in total. The Morgan fingerprint density at radius 3 is 2.53 bits per heavy atom. The number of hydrogen-bond donors (Lipinski definition) is 3. The van der Waals surface area contributed by atoms with E-state index in [-0.39, 0.29) is 35.0 Å². The Balaban J connectivity index is 2.33. The number of nitrogens with one attached hydrogen (secondary N) is 2. The highest BCUT2D eigenvalue weighted by molar-refractivity contribution is 7.99. The molecule has 10 nitrogen and oxygen atoms in total. The van der Waals surface area contributed by atoms with E-state index in [4.69, 9.17) is 5.73 Å². The number of carbonyl (C=O) groups is 1. The zero-order chi connectivity index (χ0) is 22.4. The van der Waals surface area contributed by atoms with E-state index >= 15 is 0 Å². The minimum atomic E-state index is -0.660. The summed E-state index contributed by atoms with van der Waals surface area (Å²) in [4.78, 5) is 45.9. The summed E-state index contributed by atoms with van der Waals surface area (Å²) in [5.41, 5.74) is 4.99. The fourth-order valence-electron chi connectivity index (χ4n) is 2.85. The second-order valence-corrected chi connectivity index (χ2v) is 8.79. The molecule has 0 aliphatic heterocycles. The predicted octanol–water partition coefficient (Wildman–Crippen LogP) is 1.94. The Hall–Kier alpha value is -2.56. The molecular formula is C19H31N7O3S. The molecule has 2 aromatic heterocycles. The van der Waals surface area contributed by atoms with E-state index in [1.165, 1.54) is 21.2 Å². The average molecular weight is 438 g/mol. The molecule has 2 rings (SSSR count). The van der Waals surface area contributed by atoms with Gasteiger partial charge in [0, 0.05) is 19.0 Å². The van der Waals surface area contributed by atoms with Crippen molar-refractivity contribution in [3.05, 3.63) is 26.7 Å². The number of thioether (sulfide) groups is 1. The maximum Gasteiger partial charge on any atom is 0.330 e. The largest absolute Gasteiger partial charge is 0.383 e. The van der Waals surface area contributed by atoms with Crippen molar-refractivity contribution in [3.63, 3.8) is 0 Å². The summed E-state index contributed by atoms with van der Waals surface area (Å²) in [6.45, 7) is 10.5. The predicted molar refractivity (Wildman–Crippen MR) is 119 cm³/mol. The van der Waals surface area contributed by atoms with E-state index in [1.54, 1.807) is 0 Å². The topological polar surface area (TPSA) is 143 Å². The molecule has 0 fully saturated rings. The Morgan fingerprint density at radius 2 is 1.97 bits per heavy atom. The van der Waals surface area contributed by atoms with Crippen molar-refractivity contribution in [2.45, 2.75) is 65.1 Å². The summed E-state index contributed by atoms with van der Waals surface area (Å²) in [6, 6.07) is 0. The van der Waals surface area contributed by atoms with E-state index in [0.29, 0.717) is 24.7 Å². The van der Waals surface area contributed by atoms with Crippen LogP contribution >= 0.6 is 11.8 Å². The Bertz CT molecular complexity index is 977. The lowest BCUT2D eigenvalue weighted by atomic mass is 10.2. The third-order valence-electron chi connectivity index (χ3n) is 4.42. The molecule has 1 amide bonds. The zero-order valence-corrected chi connectivity index (χ0v) is 19.0. The molecule has 0 unspecified atom stereocenters. The summed E-state index contributed by atoms with van der Waals surface area (Å²) >= 11 is 1.19. The molecule has 0 aromatic carbocycles. The lowest BCUT2D eigenvalue weighted by molar-refractivity contribution is -0.116. The van der Waals surface area contributed by atoms with E-state index < -0.39 is 11.2 Å². The molecule has 2 heterocycles. The molecule has 0 spiro atoms. The van der Waals surface area contributed by atoms with Gasteiger partial charge in [0.1, 0.15) is 11.6 Å². The smallest absolute Gasteiger partial charge is 0.330 e. The molecule has 0 saturated carbocycles. The first kappa shape index (κ1) is 23.7. The number of aromatic nitrogens is 5. The number of aromatic amines is 2. The number of nitrogens with two attached hydrogens (primary N) is 1. The van der Waals surface area contributed by atoms with Gasteiger partial charge in [-0.2, -0.15) is 0 Å². The van der Waals surface area contributed by atoms with Crippen LogP contribution in [0.25, 0.3) is 0 Å². The third kappa shape index (κ3) is 5.74. The van der Waals surface area contributed by atoms with Crippen molar-refractivity contribution in [2.75, 3.05) is 22.9 Å². The zero-order valence-electron chi connectivity index (χ0n) is 18.2. The number of H-pyrrole nitrogens is 2. The first-order chi connectivity index (χ1) is 14.1. The molecule has 0 aliphatic rings. The van der Waals surface area contributed by atoms with Gasteiger partial charge in [0.25, 0.3) is 5.56 Å². The van der Waals surface area contributed by atoms with Crippen LogP contribution in [0.4, 0.5) is 11.5 Å². The lowest BCUT2D eigenvalue weighted by Crippen LogP contribution is -2.42. The average Bonchev–Trinajstić information content (AvgIpc) is 3.15. The summed E-state index contributed by atoms with van der Waals surface area (Å²) in [5.74, 6) is 0.836. The van der Waals surface area contributed by atoms with Gasteiger partial charge in [-0.1, -0.05) is 52.8 Å². The molecule has 2 aromatic rings. The van der Waals surface area contributed by atoms with Crippen LogP contribution in [0.1, 0.15) is 59.2 Å². The van der Waals surface area contributed by atoms with Crippen LogP contribution in [0.15, 0.2) is 14.7 Å². The second-order valence-electron chi connectivity index (χ2n) is 7.84. The molecule has 166 valence electrons. The maximum atomic E-state index is 13.0. The van der Waals surface area contributed by atoms with Gasteiger partial charge < -0.3 is 10.6 Å². The van der Waals surface area contributed by atoms with Gasteiger partial charge in [-0.3, -0.25) is 24.2 Å². The van der Waals surface area contributed by atoms with Crippen LogP contribution in [-0.4, -0.2) is 42.9 Å². The van der Waals surface area contributed by atoms with Gasteiger partial charge >= 0.3 is 5.69 Å². The van der Waals surface area contributed by atoms with E-state index in [0.717, 1.165) is 12.2 Å². The Kier molecular flexibility index (Phi) is 8.27. The van der Waals surface area contributed by atoms with Crippen molar-refractivity contribution in [2.24, 2.45) is 5.92 Å². The number of amides is 1. The highest BCUT2D eigenvalue weighted by Crippen LogP contribution is 2.22. The SMILES string of the molecule is CCCCN(C(=O)CSc1n[nH]c(C(C)C)n1)c1c(N)n(CC(C)C)c(=O)[nH]c1=O. The van der Waals surface area contributed by atoms with Crippen molar-refractivity contribution >= 4 is 29.2 Å². The first-order valence-electron chi connectivity index (χ1n) is 10.1. The molecule has 0 radical (unpaired) electrons. The number of unbranched alkanes of at least 4 members (excludes halogenated alkanes) is 1. The van der Waals surface area contributed by atoms with Crippen LogP contribution in [0, 0.1) is 5.92 Å². The standard InChI is InChI=1S/C19H31N7O3S/c1-6-7-8-25(13(27)10-30-18-21-16(12(4)5)23-24-18)14-15(20)26(9-11(2)3)19(29)22-17(14)28/h11-12H,6-10,20H2,1-5H3,(H,21,23,24)(H,22,28,29). The summed E-state index contributed by atoms with van der Waals surface area (Å²) < 4.78 is 1.31. The highest BCUT2D eigenvalue weighted by Gasteiger charge is 2.24. The summed E-state index contributed by atoms with van der Waals surface area (Å²) in [6.07, 6.45) is 1.52. The van der Waals surface area contributed by atoms with E-state index in [2.05, 4.69) is 20.2 Å². The normalized spacial score (nSPS) is 11.4. The second kappa shape index (κ2) is 10.5. The monoisotopic (exact) mass is 437 g/mol. The summed E-state index contributed by atoms with van der Waals surface area (Å²) in [7, 11) is 0. The van der Waals surface area contributed by atoms with Crippen molar-refractivity contribution in [1.29, 1.82) is 0 Å². The van der Waals surface area contributed by atoms with Crippen molar-refractivity contribution in [1.82, 2.24) is 24.7 Å². The number of nitrogen functional groups attached to an aromatic ring is 1. The van der Waals surface area contributed by atoms with Crippen LogP contribution in [0.3, 0.4) is 0 Å². The van der Waals surface area contributed by atoms with E-state index in [9.17, 15) is 14.4 Å². The minimum Gasteiger partial charge on any atom is -0.383 e. The van der Waals surface area contributed by atoms with E-state index in [1.807, 2.05) is 34.6 Å². The molecule has 30 heavy (non-hydrogen) atoms. The number of nitrogens with zero attached hydrogens (tertiary/aromatic N) is 4. The fraction of sp³-hybridized carbons (Fsp3) is 0.632. The molecule has 0 atom stereocenters. The minimum absolute atomic E-state index is 0.00638. The van der Waals surface area contributed by atoms with Gasteiger partial charge in [0.15, 0.2) is 5.69 Å².